The van der Waals surface area contributed by atoms with Crippen LogP contribution in [0.2, 0.25) is 0 Å². The number of pyridine rings is 1. The van der Waals surface area contributed by atoms with Gasteiger partial charge in [0.25, 0.3) is 0 Å². The Hall–Kier alpha value is -1.78. The molecule has 1 aromatic rings. The Morgan fingerprint density at radius 1 is 1.26 bits per heavy atom. The molecule has 5 nitrogen and oxygen atoms in total. The summed E-state index contributed by atoms with van der Waals surface area (Å²) in [6, 6.07) is 5.78. The van der Waals surface area contributed by atoms with Gasteiger partial charge in [-0.05, 0) is 32.4 Å². The maximum atomic E-state index is 11.7. The van der Waals surface area contributed by atoms with Crippen LogP contribution in [0.5, 0.6) is 0 Å². The number of rotatable bonds is 7. The van der Waals surface area contributed by atoms with Crippen molar-refractivity contribution in [3.05, 3.63) is 18.2 Å². The van der Waals surface area contributed by atoms with Gasteiger partial charge >= 0.3 is 0 Å². The molecule has 1 aromatic heterocycles. The molecule has 19 heavy (non-hydrogen) atoms. The number of hydrogen-bond acceptors (Lipinski definition) is 4. The lowest BCUT2D eigenvalue weighted by Gasteiger charge is -2.23. The molecule has 0 aromatic carbocycles. The molecule has 106 valence electrons. The maximum Gasteiger partial charge on any atom is 0.227 e. The van der Waals surface area contributed by atoms with Crippen LogP contribution in [0.15, 0.2) is 18.2 Å². The first-order valence-electron chi connectivity index (χ1n) is 6.66. The predicted octanol–water partition coefficient (Wildman–Crippen LogP) is 2.09. The zero-order valence-electron chi connectivity index (χ0n) is 12.2. The Morgan fingerprint density at radius 2 is 1.89 bits per heavy atom. The second kappa shape index (κ2) is 6.97. The monoisotopic (exact) mass is 264 g/mol. The molecule has 0 unspecified atom stereocenters. The molecule has 0 atom stereocenters. The van der Waals surface area contributed by atoms with E-state index in [-0.39, 0.29) is 5.91 Å². The van der Waals surface area contributed by atoms with Gasteiger partial charge in [0.15, 0.2) is 0 Å². The number of hydrogen-bond donors (Lipinski definition) is 3. The van der Waals surface area contributed by atoms with Crippen LogP contribution >= 0.6 is 0 Å². The van der Waals surface area contributed by atoms with Crippen molar-refractivity contribution < 1.29 is 4.79 Å². The highest BCUT2D eigenvalue weighted by Gasteiger charge is 2.26. The van der Waals surface area contributed by atoms with Crippen LogP contribution in [0.3, 0.4) is 0 Å². The Kier molecular flexibility index (Phi) is 5.60. The SMILES string of the molecule is CCCNc1cccc(NCC(C)(C)C(=O)NC)n1. The van der Waals surface area contributed by atoms with Crippen LogP contribution in [0, 0.1) is 5.41 Å². The summed E-state index contributed by atoms with van der Waals surface area (Å²) in [6.07, 6.45) is 1.06. The molecule has 0 saturated heterocycles. The molecule has 1 rings (SSSR count). The van der Waals surface area contributed by atoms with E-state index in [0.717, 1.165) is 24.6 Å². The zero-order valence-corrected chi connectivity index (χ0v) is 12.2. The fraction of sp³-hybridized carbons (Fsp3) is 0.571. The van der Waals surface area contributed by atoms with Crippen molar-refractivity contribution in [1.29, 1.82) is 0 Å². The van der Waals surface area contributed by atoms with Crippen LogP contribution in [0.4, 0.5) is 11.6 Å². The van der Waals surface area contributed by atoms with E-state index in [0.29, 0.717) is 6.54 Å². The minimum atomic E-state index is -0.469. The Bertz CT molecular complexity index is 418. The average molecular weight is 264 g/mol. The zero-order chi connectivity index (χ0) is 14.3. The Morgan fingerprint density at radius 3 is 2.47 bits per heavy atom. The van der Waals surface area contributed by atoms with E-state index in [4.69, 9.17) is 0 Å². The first kappa shape index (κ1) is 15.3. The first-order chi connectivity index (χ1) is 8.99. The summed E-state index contributed by atoms with van der Waals surface area (Å²) in [7, 11) is 1.65. The average Bonchev–Trinajstić information content (AvgIpc) is 2.42. The molecule has 1 heterocycles. The predicted molar refractivity (Wildman–Crippen MR) is 79.4 cm³/mol. The van der Waals surface area contributed by atoms with Crippen LogP contribution in [0.25, 0.3) is 0 Å². The molecule has 0 aliphatic rings. The van der Waals surface area contributed by atoms with Crippen molar-refractivity contribution in [2.75, 3.05) is 30.8 Å². The topological polar surface area (TPSA) is 66.0 Å². The molecule has 0 spiro atoms. The molecule has 0 saturated carbocycles. The lowest BCUT2D eigenvalue weighted by Crippen LogP contribution is -2.39. The fourth-order valence-electron chi connectivity index (χ4n) is 1.61. The molecule has 1 amide bonds. The number of carbonyl (C=O) groups is 1. The smallest absolute Gasteiger partial charge is 0.227 e. The summed E-state index contributed by atoms with van der Waals surface area (Å²) in [5, 5.41) is 9.11. The third-order valence-corrected chi connectivity index (χ3v) is 2.86. The normalized spacial score (nSPS) is 10.9. The minimum absolute atomic E-state index is 0.0141. The second-order valence-electron chi connectivity index (χ2n) is 5.15. The van der Waals surface area contributed by atoms with Gasteiger partial charge in [-0.15, -0.1) is 0 Å². The molecule has 0 bridgehead atoms. The highest BCUT2D eigenvalue weighted by Crippen LogP contribution is 2.17. The van der Waals surface area contributed by atoms with Gasteiger partial charge in [-0.25, -0.2) is 4.98 Å². The molecule has 0 aliphatic heterocycles. The molecular weight excluding hydrogens is 240 g/mol. The maximum absolute atomic E-state index is 11.7. The van der Waals surface area contributed by atoms with E-state index < -0.39 is 5.41 Å². The van der Waals surface area contributed by atoms with Gasteiger partial charge in [-0.3, -0.25) is 4.79 Å². The molecule has 3 N–H and O–H groups in total. The largest absolute Gasteiger partial charge is 0.370 e. The summed E-state index contributed by atoms with van der Waals surface area (Å²) in [6.45, 7) is 7.36. The molecule has 5 heteroatoms. The van der Waals surface area contributed by atoms with E-state index in [1.54, 1.807) is 7.05 Å². The third kappa shape index (κ3) is 4.77. The van der Waals surface area contributed by atoms with Gasteiger partial charge in [0.05, 0.1) is 5.41 Å². The quantitative estimate of drug-likeness (QED) is 0.705. The third-order valence-electron chi connectivity index (χ3n) is 2.86. The van der Waals surface area contributed by atoms with Gasteiger partial charge in [-0.2, -0.15) is 0 Å². The molecule has 0 aliphatic carbocycles. The van der Waals surface area contributed by atoms with Crippen molar-refractivity contribution >= 4 is 17.5 Å². The first-order valence-corrected chi connectivity index (χ1v) is 6.66. The van der Waals surface area contributed by atoms with Gasteiger partial charge in [-0.1, -0.05) is 13.0 Å². The van der Waals surface area contributed by atoms with Gasteiger partial charge in [0, 0.05) is 20.1 Å². The van der Waals surface area contributed by atoms with Crippen molar-refractivity contribution in [3.8, 4) is 0 Å². The fourth-order valence-corrected chi connectivity index (χ4v) is 1.61. The van der Waals surface area contributed by atoms with Crippen molar-refractivity contribution in [2.24, 2.45) is 5.41 Å². The van der Waals surface area contributed by atoms with Gasteiger partial charge < -0.3 is 16.0 Å². The van der Waals surface area contributed by atoms with E-state index in [2.05, 4.69) is 27.9 Å². The van der Waals surface area contributed by atoms with Crippen molar-refractivity contribution in [1.82, 2.24) is 10.3 Å². The van der Waals surface area contributed by atoms with E-state index in [1.165, 1.54) is 0 Å². The standard InChI is InChI=1S/C14H24N4O/c1-5-9-16-11-7-6-8-12(18-11)17-10-14(2,3)13(19)15-4/h6-8H,5,9-10H2,1-4H3,(H,15,19)(H2,16,17,18). The van der Waals surface area contributed by atoms with Crippen LogP contribution in [-0.2, 0) is 4.79 Å². The number of amides is 1. The van der Waals surface area contributed by atoms with Crippen molar-refractivity contribution in [2.45, 2.75) is 27.2 Å². The number of anilines is 2. The minimum Gasteiger partial charge on any atom is -0.370 e. The van der Waals surface area contributed by atoms with Crippen LogP contribution in [-0.4, -0.2) is 31.0 Å². The highest BCUT2D eigenvalue weighted by atomic mass is 16.2. The highest BCUT2D eigenvalue weighted by molar-refractivity contribution is 5.82. The molecular formula is C14H24N4O. The summed E-state index contributed by atoms with van der Waals surface area (Å²) >= 11 is 0. The number of carbonyl (C=O) groups excluding carboxylic acids is 1. The van der Waals surface area contributed by atoms with Crippen molar-refractivity contribution in [3.63, 3.8) is 0 Å². The Labute approximate surface area is 115 Å². The van der Waals surface area contributed by atoms with Gasteiger partial charge in [0.2, 0.25) is 5.91 Å². The summed E-state index contributed by atoms with van der Waals surface area (Å²) in [5.41, 5.74) is -0.469. The van der Waals surface area contributed by atoms with Crippen LogP contribution < -0.4 is 16.0 Å². The number of aromatic nitrogens is 1. The summed E-state index contributed by atoms with van der Waals surface area (Å²) in [5.74, 6) is 1.64. The number of nitrogens with one attached hydrogen (secondary N) is 3. The van der Waals surface area contributed by atoms with E-state index in [9.17, 15) is 4.79 Å². The molecule has 0 fully saturated rings. The Balaban J connectivity index is 2.60. The molecule has 0 radical (unpaired) electrons. The number of nitrogens with zero attached hydrogens (tertiary/aromatic N) is 1. The lowest BCUT2D eigenvalue weighted by molar-refractivity contribution is -0.128. The second-order valence-corrected chi connectivity index (χ2v) is 5.15. The summed E-state index contributed by atoms with van der Waals surface area (Å²) < 4.78 is 0. The van der Waals surface area contributed by atoms with Crippen LogP contribution in [0.1, 0.15) is 27.2 Å². The van der Waals surface area contributed by atoms with E-state index in [1.807, 2.05) is 32.0 Å². The summed E-state index contributed by atoms with van der Waals surface area (Å²) in [4.78, 5) is 16.1. The van der Waals surface area contributed by atoms with E-state index >= 15 is 0 Å². The van der Waals surface area contributed by atoms with Gasteiger partial charge in [0.1, 0.15) is 11.6 Å². The lowest BCUT2D eigenvalue weighted by atomic mass is 9.92.